The van der Waals surface area contributed by atoms with Crippen molar-refractivity contribution in [3.8, 4) is 57.5 Å². The molecule has 2 aliphatic heterocycles. The van der Waals surface area contributed by atoms with E-state index in [4.69, 9.17) is 33.2 Å². The van der Waals surface area contributed by atoms with E-state index in [-0.39, 0.29) is 70.3 Å². The average molecular weight is 791 g/mol. The maximum atomic E-state index is 11.9. The normalized spacial score (nSPS) is 17.7. The van der Waals surface area contributed by atoms with Gasteiger partial charge in [-0.1, -0.05) is 12.1 Å². The fourth-order valence-corrected chi connectivity index (χ4v) is 6.13. The quantitative estimate of drug-likeness (QED) is 0.0979. The Kier molecular flexibility index (Phi) is 12.4. The third kappa shape index (κ3) is 10.2. The summed E-state index contributed by atoms with van der Waals surface area (Å²) in [5, 5.41) is 48.3. The van der Waals surface area contributed by atoms with Crippen molar-refractivity contribution in [2.75, 3.05) is 0 Å². The molecule has 2 aliphatic rings. The van der Waals surface area contributed by atoms with Crippen LogP contribution in [0.25, 0.3) is 0 Å². The van der Waals surface area contributed by atoms with E-state index in [1.165, 1.54) is 89.2 Å². The Morgan fingerprint density at radius 3 is 1.75 bits per heavy atom. The smallest absolute Gasteiger partial charge is 0.308 e. The van der Waals surface area contributed by atoms with Crippen LogP contribution in [0, 0.1) is 0 Å². The number of benzene rings is 4. The van der Waals surface area contributed by atoms with Crippen LogP contribution in [0.4, 0.5) is 0 Å². The van der Waals surface area contributed by atoms with E-state index in [2.05, 4.69) is 0 Å². The maximum absolute atomic E-state index is 11.9. The van der Waals surface area contributed by atoms with Crippen LogP contribution in [0.3, 0.4) is 0 Å². The average Bonchev–Trinajstić information content (AvgIpc) is 3.09. The molecule has 57 heavy (non-hydrogen) atoms. The topological polar surface area (TPSA) is 251 Å². The van der Waals surface area contributed by atoms with Gasteiger partial charge in [-0.15, -0.1) is 0 Å². The molecule has 17 nitrogen and oxygen atoms in total. The summed E-state index contributed by atoms with van der Waals surface area (Å²) in [5.41, 5.74) is 1.73. The van der Waals surface area contributed by atoms with E-state index >= 15 is 0 Å². The number of fused-ring (bicyclic) bond motifs is 2. The molecule has 0 saturated heterocycles. The number of carbonyl (C=O) groups excluding carboxylic acids is 5. The van der Waals surface area contributed by atoms with Crippen molar-refractivity contribution in [3.05, 3.63) is 82.9 Å². The van der Waals surface area contributed by atoms with Crippen molar-refractivity contribution in [3.63, 3.8) is 0 Å². The molecule has 17 heteroatoms. The first kappa shape index (κ1) is 41.2. The van der Waals surface area contributed by atoms with Crippen molar-refractivity contribution in [1.82, 2.24) is 0 Å². The molecule has 0 fully saturated rings. The van der Waals surface area contributed by atoms with Gasteiger partial charge in [0.2, 0.25) is 0 Å². The predicted molar refractivity (Wildman–Crippen MR) is 193 cm³/mol. The molecule has 0 bridgehead atoms. The SMILES string of the molecule is CC(=O)Oc1cc(OC(C)=O)c2c(c1)OC(c1ccc(OC(C)=O)c(OC(C)=O)c1)[C@H](OC(C)=O)C2.Oc1cc(O)c2c(c1)OC(c1ccc(O)c(O)c1)[C@H](O)C2. The third-order valence-corrected chi connectivity index (χ3v) is 8.29. The lowest BCUT2D eigenvalue weighted by molar-refractivity contribution is -0.152. The largest absolute Gasteiger partial charge is 0.508 e. The van der Waals surface area contributed by atoms with Gasteiger partial charge in [-0.25, -0.2) is 0 Å². The number of phenolic OH excluding ortho intramolecular Hbond substituents is 4. The summed E-state index contributed by atoms with van der Waals surface area (Å²) in [6, 6.07) is 13.9. The van der Waals surface area contributed by atoms with Crippen molar-refractivity contribution < 1.29 is 82.7 Å². The lowest BCUT2D eigenvalue weighted by Gasteiger charge is -2.34. The fourth-order valence-electron chi connectivity index (χ4n) is 6.13. The Bertz CT molecular complexity index is 2230. The van der Waals surface area contributed by atoms with Crippen molar-refractivity contribution in [2.45, 2.75) is 71.9 Å². The van der Waals surface area contributed by atoms with Crippen molar-refractivity contribution in [2.24, 2.45) is 0 Å². The van der Waals surface area contributed by atoms with Gasteiger partial charge in [0.05, 0.1) is 6.10 Å². The Morgan fingerprint density at radius 1 is 0.544 bits per heavy atom. The summed E-state index contributed by atoms with van der Waals surface area (Å²) in [6.07, 6.45) is -3.28. The minimum Gasteiger partial charge on any atom is -0.508 e. The molecule has 300 valence electrons. The number of hydrogen-bond donors (Lipinski definition) is 5. The summed E-state index contributed by atoms with van der Waals surface area (Å²) in [6.45, 7) is 6.04. The molecule has 0 aromatic heterocycles. The molecular formula is C40H38O17. The Morgan fingerprint density at radius 2 is 1.12 bits per heavy atom. The maximum Gasteiger partial charge on any atom is 0.308 e. The Labute approximate surface area is 324 Å². The molecule has 4 atom stereocenters. The van der Waals surface area contributed by atoms with Crippen LogP contribution in [0.1, 0.15) is 69.1 Å². The van der Waals surface area contributed by atoms with Gasteiger partial charge in [0.15, 0.2) is 29.1 Å². The van der Waals surface area contributed by atoms with Gasteiger partial charge >= 0.3 is 29.8 Å². The number of carbonyl (C=O) groups is 5. The number of ether oxygens (including phenoxy) is 7. The van der Waals surface area contributed by atoms with Gasteiger partial charge in [0.25, 0.3) is 0 Å². The van der Waals surface area contributed by atoms with Gasteiger partial charge in [-0.05, 0) is 29.8 Å². The Hall–Kier alpha value is -7.01. The monoisotopic (exact) mass is 790 g/mol. The zero-order valence-corrected chi connectivity index (χ0v) is 31.1. The van der Waals surface area contributed by atoms with E-state index in [1.807, 2.05) is 0 Å². The van der Waals surface area contributed by atoms with E-state index < -0.39 is 54.3 Å². The summed E-state index contributed by atoms with van der Waals surface area (Å²) in [5.74, 6) is -3.31. The highest BCUT2D eigenvalue weighted by Gasteiger charge is 2.37. The zero-order chi connectivity index (χ0) is 41.7. The summed E-state index contributed by atoms with van der Waals surface area (Å²) >= 11 is 0. The highest BCUT2D eigenvalue weighted by Crippen LogP contribution is 2.46. The van der Waals surface area contributed by atoms with Gasteiger partial charge in [0.1, 0.15) is 46.7 Å². The molecule has 0 spiro atoms. The number of rotatable bonds is 7. The second-order valence-electron chi connectivity index (χ2n) is 12.9. The molecule has 0 saturated carbocycles. The van der Waals surface area contributed by atoms with Crippen molar-refractivity contribution in [1.29, 1.82) is 0 Å². The predicted octanol–water partition coefficient (Wildman–Crippen LogP) is 4.54. The minimum atomic E-state index is -0.933. The molecular weight excluding hydrogens is 752 g/mol. The standard InChI is InChI=1S/C25H24O11.C15H14O6/c1-12(26)31-18-9-21(33-14(3)28)19-11-24(35-16(5)30)25(36-22(19)10-18)17-6-7-20(32-13(2)27)23(8-17)34-15(4)29;16-8-4-11(18)9-6-13(20)15(21-14(9)5-8)7-1-2-10(17)12(19)3-7/h6-10,24-25H,11H2,1-5H3;1-5,13,15-20H,6H2/t24-,25?;13-,15?/m11/s1. The van der Waals surface area contributed by atoms with Crippen LogP contribution in [0.5, 0.6) is 57.5 Å². The first-order valence-corrected chi connectivity index (χ1v) is 17.2. The molecule has 0 amide bonds. The number of esters is 5. The van der Waals surface area contributed by atoms with E-state index in [9.17, 15) is 49.5 Å². The molecule has 4 aromatic carbocycles. The molecule has 2 unspecified atom stereocenters. The van der Waals surface area contributed by atoms with Crippen molar-refractivity contribution >= 4 is 29.8 Å². The van der Waals surface area contributed by atoms with Gasteiger partial charge in [0, 0.05) is 88.4 Å². The third-order valence-electron chi connectivity index (χ3n) is 8.29. The molecule has 4 aromatic rings. The number of aliphatic hydroxyl groups is 1. The van der Waals surface area contributed by atoms with E-state index in [0.29, 0.717) is 22.3 Å². The lowest BCUT2D eigenvalue weighted by atomic mass is 9.93. The van der Waals surface area contributed by atoms with Crippen LogP contribution >= 0.6 is 0 Å². The minimum absolute atomic E-state index is 0.0102. The highest BCUT2D eigenvalue weighted by molar-refractivity contribution is 5.75. The molecule has 6 rings (SSSR count). The van der Waals surface area contributed by atoms with Crippen LogP contribution in [0.2, 0.25) is 0 Å². The van der Waals surface area contributed by atoms with Crippen LogP contribution in [0.15, 0.2) is 60.7 Å². The van der Waals surface area contributed by atoms with E-state index in [1.54, 1.807) is 6.07 Å². The number of aromatic hydroxyl groups is 4. The summed E-state index contributed by atoms with van der Waals surface area (Å²) in [4.78, 5) is 58.1. The number of hydrogen-bond acceptors (Lipinski definition) is 17. The first-order chi connectivity index (χ1) is 26.9. The number of phenols is 4. The number of aliphatic hydroxyl groups excluding tert-OH is 1. The first-order valence-electron chi connectivity index (χ1n) is 17.2. The zero-order valence-electron chi connectivity index (χ0n) is 31.1. The van der Waals surface area contributed by atoms with Crippen LogP contribution in [-0.4, -0.2) is 67.6 Å². The molecule has 0 aliphatic carbocycles. The molecule has 5 N–H and O–H groups in total. The molecule has 2 heterocycles. The second kappa shape index (κ2) is 17.2. The van der Waals surface area contributed by atoms with Crippen LogP contribution in [-0.2, 0) is 41.6 Å². The van der Waals surface area contributed by atoms with Gasteiger partial charge in [-0.3, -0.25) is 24.0 Å². The summed E-state index contributed by atoms with van der Waals surface area (Å²) < 4.78 is 38.0. The van der Waals surface area contributed by atoms with Gasteiger partial charge in [-0.2, -0.15) is 0 Å². The van der Waals surface area contributed by atoms with E-state index in [0.717, 1.165) is 0 Å². The highest BCUT2D eigenvalue weighted by atomic mass is 16.6. The molecule has 0 radical (unpaired) electrons. The lowest BCUT2D eigenvalue weighted by Crippen LogP contribution is -2.34. The van der Waals surface area contributed by atoms with Crippen LogP contribution < -0.4 is 28.4 Å². The second-order valence-corrected chi connectivity index (χ2v) is 12.9. The van der Waals surface area contributed by atoms with Gasteiger partial charge < -0.3 is 58.7 Å². The Balaban J connectivity index is 0.000000249. The summed E-state index contributed by atoms with van der Waals surface area (Å²) in [7, 11) is 0. The fraction of sp³-hybridized carbons (Fsp3) is 0.275.